The SMILES string of the molecule is CC(C)SCCCOc1ccc(C2c3[nH]c4ccc(Cl)cc4c3CCN2C=O)cc1. The number of amides is 1. The molecule has 1 aliphatic rings. The highest BCUT2D eigenvalue weighted by molar-refractivity contribution is 7.99. The number of fused-ring (bicyclic) bond motifs is 3. The van der Waals surface area contributed by atoms with Crippen LogP contribution in [0.5, 0.6) is 5.75 Å². The van der Waals surface area contributed by atoms with Crippen LogP contribution in [0.25, 0.3) is 10.9 Å². The van der Waals surface area contributed by atoms with Gasteiger partial charge in [-0.3, -0.25) is 4.79 Å². The lowest BCUT2D eigenvalue weighted by molar-refractivity contribution is -0.120. The van der Waals surface area contributed by atoms with Crippen LogP contribution in [0.15, 0.2) is 42.5 Å². The summed E-state index contributed by atoms with van der Waals surface area (Å²) in [4.78, 5) is 17.2. The summed E-state index contributed by atoms with van der Waals surface area (Å²) in [5.74, 6) is 1.98. The Kier molecular flexibility index (Phi) is 6.59. The third-order valence-corrected chi connectivity index (χ3v) is 6.89. The Hall–Kier alpha value is -2.11. The molecule has 0 spiro atoms. The third-order valence-electron chi connectivity index (χ3n) is 5.47. The summed E-state index contributed by atoms with van der Waals surface area (Å²) in [5, 5.41) is 2.53. The molecule has 0 radical (unpaired) electrons. The van der Waals surface area contributed by atoms with Crippen molar-refractivity contribution in [3.8, 4) is 5.75 Å². The van der Waals surface area contributed by atoms with Gasteiger partial charge in [-0.2, -0.15) is 11.8 Å². The summed E-state index contributed by atoms with van der Waals surface area (Å²) in [6.45, 7) is 5.83. The molecule has 0 aliphatic carbocycles. The second-order valence-electron chi connectivity index (χ2n) is 7.89. The number of rotatable bonds is 8. The van der Waals surface area contributed by atoms with Crippen LogP contribution in [0.3, 0.4) is 0 Å². The first kappa shape index (κ1) is 21.1. The number of ether oxygens (including phenoxy) is 1. The molecule has 0 saturated heterocycles. The molecule has 4 nitrogen and oxygen atoms in total. The minimum absolute atomic E-state index is 0.131. The predicted octanol–water partition coefficient (Wildman–Crippen LogP) is 5.84. The molecule has 158 valence electrons. The van der Waals surface area contributed by atoms with Gasteiger partial charge in [-0.15, -0.1) is 0 Å². The van der Waals surface area contributed by atoms with E-state index >= 15 is 0 Å². The van der Waals surface area contributed by atoms with Crippen molar-refractivity contribution in [3.63, 3.8) is 0 Å². The number of carbonyl (C=O) groups is 1. The minimum atomic E-state index is -0.131. The molecule has 30 heavy (non-hydrogen) atoms. The maximum absolute atomic E-state index is 11.8. The summed E-state index contributed by atoms with van der Waals surface area (Å²) in [6, 6.07) is 13.9. The Bertz CT molecular complexity index is 1020. The topological polar surface area (TPSA) is 45.3 Å². The standard InChI is InChI=1S/C24H27ClN2O2S/c1-16(2)30-13-3-12-29-19-7-4-17(5-8-19)24-23-20(10-11-27(24)15-28)21-14-18(25)6-9-22(21)26-23/h4-9,14-16,24,26H,3,10-13H2,1-2H3. The molecule has 1 amide bonds. The number of aromatic amines is 1. The van der Waals surface area contributed by atoms with Gasteiger partial charge in [0.1, 0.15) is 5.75 Å². The van der Waals surface area contributed by atoms with Gasteiger partial charge in [0.15, 0.2) is 0 Å². The molecule has 4 rings (SSSR count). The maximum Gasteiger partial charge on any atom is 0.210 e. The van der Waals surface area contributed by atoms with E-state index in [9.17, 15) is 4.79 Å². The molecule has 0 fully saturated rings. The van der Waals surface area contributed by atoms with Crippen molar-refractivity contribution < 1.29 is 9.53 Å². The highest BCUT2D eigenvalue weighted by Crippen LogP contribution is 2.38. The smallest absolute Gasteiger partial charge is 0.210 e. The zero-order chi connectivity index (χ0) is 21.1. The van der Waals surface area contributed by atoms with E-state index in [0.717, 1.165) is 64.5 Å². The third kappa shape index (κ3) is 4.47. The first-order valence-electron chi connectivity index (χ1n) is 10.4. The Morgan fingerprint density at radius 3 is 2.80 bits per heavy atom. The number of carbonyl (C=O) groups excluding carboxylic acids is 1. The van der Waals surface area contributed by atoms with Crippen molar-refractivity contribution in [3.05, 3.63) is 64.3 Å². The van der Waals surface area contributed by atoms with E-state index in [1.165, 1.54) is 5.56 Å². The Morgan fingerprint density at radius 1 is 1.27 bits per heavy atom. The van der Waals surface area contributed by atoms with Crippen LogP contribution in [-0.4, -0.2) is 40.4 Å². The molecule has 0 bridgehead atoms. The highest BCUT2D eigenvalue weighted by Gasteiger charge is 2.31. The second-order valence-corrected chi connectivity index (χ2v) is 10.0. The number of halogens is 1. The zero-order valence-electron chi connectivity index (χ0n) is 17.4. The van der Waals surface area contributed by atoms with E-state index in [4.69, 9.17) is 16.3 Å². The molecule has 2 heterocycles. The minimum Gasteiger partial charge on any atom is -0.494 e. The van der Waals surface area contributed by atoms with Crippen molar-refractivity contribution in [1.82, 2.24) is 9.88 Å². The number of nitrogens with one attached hydrogen (secondary N) is 1. The van der Waals surface area contributed by atoms with Crippen LogP contribution < -0.4 is 4.74 Å². The number of thioether (sulfide) groups is 1. The number of hydrogen-bond acceptors (Lipinski definition) is 3. The van der Waals surface area contributed by atoms with E-state index in [-0.39, 0.29) is 6.04 Å². The molecule has 1 aliphatic heterocycles. The van der Waals surface area contributed by atoms with Gasteiger partial charge in [0.25, 0.3) is 0 Å². The Labute approximate surface area is 186 Å². The second kappa shape index (κ2) is 9.36. The van der Waals surface area contributed by atoms with Gasteiger partial charge in [-0.05, 0) is 65.3 Å². The van der Waals surface area contributed by atoms with E-state index in [0.29, 0.717) is 11.8 Å². The average Bonchev–Trinajstić information content (AvgIpc) is 3.11. The fraction of sp³-hybridized carbons (Fsp3) is 0.375. The average molecular weight is 443 g/mol. The summed E-state index contributed by atoms with van der Waals surface area (Å²) in [6.07, 6.45) is 2.80. The fourth-order valence-electron chi connectivity index (χ4n) is 4.07. The molecule has 1 unspecified atom stereocenters. The van der Waals surface area contributed by atoms with Crippen molar-refractivity contribution in [1.29, 1.82) is 0 Å². The highest BCUT2D eigenvalue weighted by atomic mass is 35.5. The lowest BCUT2D eigenvalue weighted by Gasteiger charge is -2.33. The van der Waals surface area contributed by atoms with Gasteiger partial charge in [-0.25, -0.2) is 0 Å². The van der Waals surface area contributed by atoms with E-state index in [1.54, 1.807) is 0 Å². The van der Waals surface area contributed by atoms with Crippen LogP contribution in [0, 0.1) is 0 Å². The molecule has 6 heteroatoms. The first-order valence-corrected chi connectivity index (χ1v) is 11.8. The Morgan fingerprint density at radius 2 is 2.07 bits per heavy atom. The number of hydrogen-bond donors (Lipinski definition) is 1. The summed E-state index contributed by atoms with van der Waals surface area (Å²) >= 11 is 8.18. The largest absolute Gasteiger partial charge is 0.494 e. The molecule has 2 aromatic carbocycles. The lowest BCUT2D eigenvalue weighted by Crippen LogP contribution is -2.34. The number of nitrogens with zero attached hydrogens (tertiary/aromatic N) is 1. The van der Waals surface area contributed by atoms with Crippen LogP contribution in [0.4, 0.5) is 0 Å². The summed E-state index contributed by atoms with van der Waals surface area (Å²) in [7, 11) is 0. The van der Waals surface area contributed by atoms with Crippen LogP contribution >= 0.6 is 23.4 Å². The number of aromatic nitrogens is 1. The van der Waals surface area contributed by atoms with Crippen molar-refractivity contribution >= 4 is 40.7 Å². The Balaban J connectivity index is 1.54. The summed E-state index contributed by atoms with van der Waals surface area (Å²) in [5.41, 5.74) is 4.45. The molecule has 0 saturated carbocycles. The van der Waals surface area contributed by atoms with Gasteiger partial charge >= 0.3 is 0 Å². The molecule has 1 N–H and O–H groups in total. The summed E-state index contributed by atoms with van der Waals surface area (Å²) < 4.78 is 5.90. The van der Waals surface area contributed by atoms with Crippen molar-refractivity contribution in [2.45, 2.75) is 38.0 Å². The van der Waals surface area contributed by atoms with Crippen LogP contribution in [0.2, 0.25) is 5.02 Å². The maximum atomic E-state index is 11.8. The van der Waals surface area contributed by atoms with Crippen LogP contribution in [0.1, 0.15) is 43.1 Å². The molecular weight excluding hydrogens is 416 g/mol. The molecule has 1 atom stereocenters. The first-order chi connectivity index (χ1) is 14.6. The molecule has 3 aromatic rings. The van der Waals surface area contributed by atoms with Gasteiger partial charge in [0, 0.05) is 28.2 Å². The zero-order valence-corrected chi connectivity index (χ0v) is 18.9. The quantitative estimate of drug-likeness (QED) is 0.352. The van der Waals surface area contributed by atoms with Crippen LogP contribution in [-0.2, 0) is 11.2 Å². The normalized spacial score (nSPS) is 16.1. The number of H-pyrrole nitrogens is 1. The van der Waals surface area contributed by atoms with E-state index in [2.05, 4.69) is 31.0 Å². The van der Waals surface area contributed by atoms with Gasteiger partial charge in [-0.1, -0.05) is 37.6 Å². The monoisotopic (exact) mass is 442 g/mol. The molecule has 1 aromatic heterocycles. The predicted molar refractivity (Wildman–Crippen MR) is 126 cm³/mol. The number of benzene rings is 2. The van der Waals surface area contributed by atoms with Gasteiger partial charge < -0.3 is 14.6 Å². The van der Waals surface area contributed by atoms with Gasteiger partial charge in [0.05, 0.1) is 12.6 Å². The van der Waals surface area contributed by atoms with Gasteiger partial charge in [0.2, 0.25) is 6.41 Å². The van der Waals surface area contributed by atoms with E-state index < -0.39 is 0 Å². The molecular formula is C24H27ClN2O2S. The van der Waals surface area contributed by atoms with E-state index in [1.807, 2.05) is 47.0 Å². The lowest BCUT2D eigenvalue weighted by atomic mass is 9.93. The fourth-order valence-corrected chi connectivity index (χ4v) is 4.99. The van der Waals surface area contributed by atoms with Crippen molar-refractivity contribution in [2.24, 2.45) is 0 Å². The van der Waals surface area contributed by atoms with Crippen molar-refractivity contribution in [2.75, 3.05) is 18.9 Å².